The fraction of sp³-hybridized carbons (Fsp3) is 0. The van der Waals surface area contributed by atoms with Gasteiger partial charge in [-0.1, -0.05) is 164 Å². The van der Waals surface area contributed by atoms with Crippen LogP contribution in [0.3, 0.4) is 0 Å². The molecule has 0 aliphatic carbocycles. The van der Waals surface area contributed by atoms with E-state index in [1.54, 1.807) is 0 Å². The van der Waals surface area contributed by atoms with E-state index in [1.165, 1.54) is 21.8 Å². The SMILES string of the molecule is c1ccc(-c2nc(-c3ccccc3)nc(-c3cccc(-c4cccc5oc6c7ccccc7c(-c7ccc(-n8c9ccccc9c9ccccc98)cc7)cc6c45)c3)n2)cc1. The van der Waals surface area contributed by atoms with E-state index in [9.17, 15) is 0 Å². The van der Waals surface area contributed by atoms with Gasteiger partial charge in [-0.05, 0) is 70.1 Å². The molecular formula is C55H34N4O. The molecule has 5 nitrogen and oxygen atoms in total. The number of fused-ring (bicyclic) bond motifs is 8. The lowest BCUT2D eigenvalue weighted by molar-refractivity contribution is 0.673. The van der Waals surface area contributed by atoms with Gasteiger partial charge in [-0.3, -0.25) is 0 Å². The van der Waals surface area contributed by atoms with Crippen LogP contribution >= 0.6 is 0 Å². The molecule has 12 rings (SSSR count). The van der Waals surface area contributed by atoms with Gasteiger partial charge >= 0.3 is 0 Å². The zero-order chi connectivity index (χ0) is 39.6. The van der Waals surface area contributed by atoms with Crippen molar-refractivity contribution >= 4 is 54.5 Å². The summed E-state index contributed by atoms with van der Waals surface area (Å²) in [6.07, 6.45) is 0. The Balaban J connectivity index is 1.01. The summed E-state index contributed by atoms with van der Waals surface area (Å²) >= 11 is 0. The Kier molecular flexibility index (Phi) is 7.78. The predicted octanol–water partition coefficient (Wildman–Crippen LogP) is 14.4. The van der Waals surface area contributed by atoms with E-state index in [1.807, 2.05) is 60.7 Å². The highest BCUT2D eigenvalue weighted by Crippen LogP contribution is 2.44. The van der Waals surface area contributed by atoms with Gasteiger partial charge in [0.15, 0.2) is 17.5 Å². The molecule has 0 atom stereocenters. The highest BCUT2D eigenvalue weighted by Gasteiger charge is 2.20. The molecule has 0 amide bonds. The zero-order valence-electron chi connectivity index (χ0n) is 32.3. The van der Waals surface area contributed by atoms with E-state index in [-0.39, 0.29) is 0 Å². The van der Waals surface area contributed by atoms with Gasteiger partial charge in [-0.2, -0.15) is 0 Å². The fourth-order valence-corrected chi connectivity index (χ4v) is 8.88. The minimum Gasteiger partial charge on any atom is -0.455 e. The Morgan fingerprint density at radius 3 is 1.50 bits per heavy atom. The van der Waals surface area contributed by atoms with Crippen molar-refractivity contribution in [2.75, 3.05) is 0 Å². The summed E-state index contributed by atoms with van der Waals surface area (Å²) in [6.45, 7) is 0. The van der Waals surface area contributed by atoms with Crippen molar-refractivity contribution in [3.63, 3.8) is 0 Å². The summed E-state index contributed by atoms with van der Waals surface area (Å²) in [5, 5.41) is 6.89. The third-order valence-electron chi connectivity index (χ3n) is 11.7. The maximum absolute atomic E-state index is 6.78. The zero-order valence-corrected chi connectivity index (χ0v) is 32.3. The van der Waals surface area contributed by atoms with Gasteiger partial charge in [-0.25, -0.2) is 15.0 Å². The Labute approximate surface area is 345 Å². The molecule has 0 saturated carbocycles. The van der Waals surface area contributed by atoms with Crippen LogP contribution < -0.4 is 0 Å². The standard InChI is InChI=1S/C55H34N4O/c1-3-15-36(16-4-1)53-56-54(37-17-5-2-6-18-37)58-55(57-53)39-20-13-19-38(33-39)41-25-14-28-50-51(41)47-34-46(42-21-7-8-24-45(42)52(47)60-50)35-29-31-40(32-30-35)59-48-26-11-9-22-43(48)44-23-10-12-27-49(44)59/h1-34H. The number of rotatable bonds is 6. The predicted molar refractivity (Wildman–Crippen MR) is 246 cm³/mol. The first-order valence-corrected chi connectivity index (χ1v) is 20.2. The smallest absolute Gasteiger partial charge is 0.164 e. The van der Waals surface area contributed by atoms with E-state index in [4.69, 9.17) is 19.4 Å². The monoisotopic (exact) mass is 766 g/mol. The van der Waals surface area contributed by atoms with Crippen LogP contribution in [0.4, 0.5) is 0 Å². The van der Waals surface area contributed by atoms with Crippen molar-refractivity contribution in [2.24, 2.45) is 0 Å². The van der Waals surface area contributed by atoms with Gasteiger partial charge < -0.3 is 8.98 Å². The molecule has 0 aliphatic rings. The summed E-state index contributed by atoms with van der Waals surface area (Å²) in [5.41, 5.74) is 12.5. The molecule has 0 N–H and O–H groups in total. The lowest BCUT2D eigenvalue weighted by Gasteiger charge is -2.12. The lowest BCUT2D eigenvalue weighted by atomic mass is 9.93. The molecule has 12 aromatic rings. The van der Waals surface area contributed by atoms with Crippen molar-refractivity contribution in [3.05, 3.63) is 206 Å². The van der Waals surface area contributed by atoms with Crippen LogP contribution in [0.25, 0.3) is 117 Å². The molecular weight excluding hydrogens is 733 g/mol. The van der Waals surface area contributed by atoms with Gasteiger partial charge in [0, 0.05) is 49.3 Å². The third kappa shape index (κ3) is 5.52. The second-order valence-electron chi connectivity index (χ2n) is 15.2. The first-order valence-electron chi connectivity index (χ1n) is 20.2. The number of benzene rings is 9. The second-order valence-corrected chi connectivity index (χ2v) is 15.2. The molecule has 3 heterocycles. The van der Waals surface area contributed by atoms with Crippen LogP contribution in [0.15, 0.2) is 211 Å². The molecule has 3 aromatic heterocycles. The molecule has 0 spiro atoms. The van der Waals surface area contributed by atoms with Gasteiger partial charge in [0.05, 0.1) is 11.0 Å². The molecule has 9 aromatic carbocycles. The quantitative estimate of drug-likeness (QED) is 0.169. The highest BCUT2D eigenvalue weighted by atomic mass is 16.3. The maximum atomic E-state index is 6.78. The summed E-state index contributed by atoms with van der Waals surface area (Å²) in [4.78, 5) is 15.0. The molecule has 60 heavy (non-hydrogen) atoms. The highest BCUT2D eigenvalue weighted by molar-refractivity contribution is 6.22. The van der Waals surface area contributed by atoms with E-state index in [0.29, 0.717) is 17.5 Å². The Hall–Kier alpha value is -8.15. The van der Waals surface area contributed by atoms with Crippen LogP contribution in [0.2, 0.25) is 0 Å². The Bertz CT molecular complexity index is 3480. The van der Waals surface area contributed by atoms with E-state index in [2.05, 4.69) is 150 Å². The summed E-state index contributed by atoms with van der Waals surface area (Å²) in [6, 6.07) is 72.2. The first-order chi connectivity index (χ1) is 29.7. The van der Waals surface area contributed by atoms with E-state index in [0.717, 1.165) is 77.3 Å². The minimum absolute atomic E-state index is 0.617. The lowest BCUT2D eigenvalue weighted by Crippen LogP contribution is -2.00. The van der Waals surface area contributed by atoms with Crippen molar-refractivity contribution in [2.45, 2.75) is 0 Å². The van der Waals surface area contributed by atoms with E-state index < -0.39 is 0 Å². The van der Waals surface area contributed by atoms with Crippen LogP contribution in [0.5, 0.6) is 0 Å². The number of hydrogen-bond donors (Lipinski definition) is 0. The second kappa shape index (κ2) is 13.8. The summed E-state index contributed by atoms with van der Waals surface area (Å²) in [7, 11) is 0. The molecule has 0 bridgehead atoms. The van der Waals surface area contributed by atoms with Crippen LogP contribution in [0, 0.1) is 0 Å². The van der Waals surface area contributed by atoms with Gasteiger partial charge in [0.1, 0.15) is 11.2 Å². The van der Waals surface area contributed by atoms with Crippen LogP contribution in [-0.4, -0.2) is 19.5 Å². The number of aromatic nitrogens is 4. The molecule has 0 fully saturated rings. The Morgan fingerprint density at radius 2 is 0.850 bits per heavy atom. The largest absolute Gasteiger partial charge is 0.455 e. The molecule has 0 radical (unpaired) electrons. The van der Waals surface area contributed by atoms with Crippen molar-refractivity contribution in [1.29, 1.82) is 0 Å². The number of furan rings is 1. The average molecular weight is 767 g/mol. The molecule has 0 unspecified atom stereocenters. The Morgan fingerprint density at radius 1 is 0.333 bits per heavy atom. The first kappa shape index (κ1) is 33.9. The number of hydrogen-bond acceptors (Lipinski definition) is 4. The van der Waals surface area contributed by atoms with Gasteiger partial charge in [0.2, 0.25) is 0 Å². The van der Waals surface area contributed by atoms with Gasteiger partial charge in [0.25, 0.3) is 0 Å². The number of para-hydroxylation sites is 2. The van der Waals surface area contributed by atoms with Crippen molar-refractivity contribution in [3.8, 4) is 62.1 Å². The molecule has 5 heteroatoms. The van der Waals surface area contributed by atoms with Crippen LogP contribution in [-0.2, 0) is 0 Å². The van der Waals surface area contributed by atoms with Crippen molar-refractivity contribution in [1.82, 2.24) is 19.5 Å². The number of nitrogens with zero attached hydrogens (tertiary/aromatic N) is 4. The van der Waals surface area contributed by atoms with E-state index >= 15 is 0 Å². The molecule has 0 aliphatic heterocycles. The van der Waals surface area contributed by atoms with Gasteiger partial charge in [-0.15, -0.1) is 0 Å². The maximum Gasteiger partial charge on any atom is 0.164 e. The molecule has 0 saturated heterocycles. The normalized spacial score (nSPS) is 11.7. The molecule has 280 valence electrons. The average Bonchev–Trinajstić information content (AvgIpc) is 3.88. The fourth-order valence-electron chi connectivity index (χ4n) is 8.88. The topological polar surface area (TPSA) is 56.7 Å². The van der Waals surface area contributed by atoms with Crippen molar-refractivity contribution < 1.29 is 4.42 Å². The summed E-state index contributed by atoms with van der Waals surface area (Å²) < 4.78 is 9.14. The van der Waals surface area contributed by atoms with Crippen LogP contribution in [0.1, 0.15) is 0 Å². The minimum atomic E-state index is 0.617. The third-order valence-corrected chi connectivity index (χ3v) is 11.7. The summed E-state index contributed by atoms with van der Waals surface area (Å²) in [5.74, 6) is 1.89.